The van der Waals surface area contributed by atoms with E-state index in [0.29, 0.717) is 0 Å². The lowest BCUT2D eigenvalue weighted by molar-refractivity contribution is -0.144. The second-order valence-electron chi connectivity index (χ2n) is 7.86. The average molecular weight is 490 g/mol. The number of carbonyl (C=O) groups is 5. The molecule has 0 spiro atoms. The fraction of sp³-hybridized carbons (Fsp3) is 0.684. The van der Waals surface area contributed by atoms with Crippen molar-refractivity contribution in [2.75, 3.05) is 13.2 Å². The summed E-state index contributed by atoms with van der Waals surface area (Å²) >= 11 is 0. The van der Waals surface area contributed by atoms with Crippen molar-refractivity contribution < 1.29 is 39.3 Å². The summed E-state index contributed by atoms with van der Waals surface area (Å²) < 4.78 is 0. The Bertz CT molecular complexity index is 755. The van der Waals surface area contributed by atoms with Crippen molar-refractivity contribution in [3.63, 3.8) is 0 Å². The van der Waals surface area contributed by atoms with Gasteiger partial charge < -0.3 is 48.5 Å². The second kappa shape index (κ2) is 15.4. The lowest BCUT2D eigenvalue weighted by Crippen LogP contribution is -2.58. The zero-order valence-corrected chi connectivity index (χ0v) is 19.2. The van der Waals surface area contributed by atoms with Crippen LogP contribution in [0.15, 0.2) is 4.99 Å². The van der Waals surface area contributed by atoms with Gasteiger partial charge in [-0.05, 0) is 25.2 Å². The highest BCUT2D eigenvalue weighted by Gasteiger charge is 2.30. The SMILES string of the molecule is CC(C)C(N)C(=O)NC(CCCN=C(N)N)C(=O)NC(CCC(=O)O)C(=O)NC(CO)C(=O)O. The van der Waals surface area contributed by atoms with Gasteiger partial charge in [0, 0.05) is 13.0 Å². The largest absolute Gasteiger partial charge is 0.481 e. The first kappa shape index (κ1) is 30.5. The van der Waals surface area contributed by atoms with E-state index >= 15 is 0 Å². The predicted octanol–water partition coefficient (Wildman–Crippen LogP) is -3.58. The van der Waals surface area contributed by atoms with Crippen LogP contribution in [0.2, 0.25) is 0 Å². The lowest BCUT2D eigenvalue weighted by atomic mass is 10.0. The average Bonchev–Trinajstić information content (AvgIpc) is 2.75. The minimum Gasteiger partial charge on any atom is -0.481 e. The Morgan fingerprint density at radius 3 is 1.79 bits per heavy atom. The normalized spacial score (nSPS) is 14.3. The van der Waals surface area contributed by atoms with Gasteiger partial charge in [-0.1, -0.05) is 13.8 Å². The molecule has 0 fully saturated rings. The van der Waals surface area contributed by atoms with Crippen LogP contribution >= 0.6 is 0 Å². The molecule has 0 bridgehead atoms. The first-order chi connectivity index (χ1) is 15.8. The summed E-state index contributed by atoms with van der Waals surface area (Å²) in [6.07, 6.45) is -0.564. The number of nitrogens with two attached hydrogens (primary N) is 3. The van der Waals surface area contributed by atoms with E-state index < -0.39 is 66.9 Å². The molecule has 0 saturated heterocycles. The quantitative estimate of drug-likeness (QED) is 0.0580. The summed E-state index contributed by atoms with van der Waals surface area (Å²) in [6.45, 7) is 2.66. The minimum atomic E-state index is -1.66. The number of nitrogens with one attached hydrogen (secondary N) is 3. The maximum Gasteiger partial charge on any atom is 0.328 e. The number of aliphatic imine (C=N–C) groups is 1. The summed E-state index contributed by atoms with van der Waals surface area (Å²) in [4.78, 5) is 63.6. The highest BCUT2D eigenvalue weighted by atomic mass is 16.4. The Morgan fingerprint density at radius 1 is 0.853 bits per heavy atom. The molecule has 0 aliphatic rings. The van der Waals surface area contributed by atoms with E-state index in [1.54, 1.807) is 13.8 Å². The number of carbonyl (C=O) groups excluding carboxylic acids is 3. The van der Waals surface area contributed by atoms with E-state index in [1.165, 1.54) is 0 Å². The predicted molar refractivity (Wildman–Crippen MR) is 120 cm³/mol. The molecular formula is C19H35N7O8. The van der Waals surface area contributed by atoms with Crippen LogP contribution < -0.4 is 33.2 Å². The number of carboxylic acids is 2. The summed E-state index contributed by atoms with van der Waals surface area (Å²) in [5.41, 5.74) is 16.3. The van der Waals surface area contributed by atoms with E-state index in [1.807, 2.05) is 5.32 Å². The first-order valence-corrected chi connectivity index (χ1v) is 10.6. The molecular weight excluding hydrogens is 454 g/mol. The third-order valence-electron chi connectivity index (χ3n) is 4.68. The minimum absolute atomic E-state index is 0.0564. The van der Waals surface area contributed by atoms with Crippen molar-refractivity contribution in [1.29, 1.82) is 0 Å². The number of aliphatic hydroxyl groups excluding tert-OH is 1. The van der Waals surface area contributed by atoms with Crippen molar-refractivity contribution in [1.82, 2.24) is 16.0 Å². The Balaban J connectivity index is 5.58. The van der Waals surface area contributed by atoms with E-state index in [-0.39, 0.29) is 37.7 Å². The number of guanidine groups is 1. The molecule has 0 aromatic rings. The molecule has 194 valence electrons. The molecule has 0 aromatic heterocycles. The second-order valence-corrected chi connectivity index (χ2v) is 7.86. The van der Waals surface area contributed by atoms with Gasteiger partial charge in [0.2, 0.25) is 17.7 Å². The standard InChI is InChI=1S/C19H35N7O8/c1-9(2)14(20)17(32)25-10(4-3-7-23-19(21)22)15(30)24-11(5-6-13(28)29)16(31)26-12(8-27)18(33)34/h9-12,14,27H,3-8,20H2,1-2H3,(H,24,30)(H,25,32)(H,26,31)(H,28,29)(H,33,34)(H4,21,22,23). The van der Waals surface area contributed by atoms with Crippen LogP contribution in [0.25, 0.3) is 0 Å². The van der Waals surface area contributed by atoms with E-state index in [4.69, 9.17) is 32.5 Å². The Morgan fingerprint density at radius 2 is 1.35 bits per heavy atom. The van der Waals surface area contributed by atoms with E-state index in [2.05, 4.69) is 15.6 Å². The molecule has 0 aromatic carbocycles. The van der Waals surface area contributed by atoms with Crippen LogP contribution in [0.3, 0.4) is 0 Å². The molecule has 15 heteroatoms. The van der Waals surface area contributed by atoms with Crippen molar-refractivity contribution in [2.24, 2.45) is 28.1 Å². The number of hydrogen-bond acceptors (Lipinski definition) is 8. The van der Waals surface area contributed by atoms with E-state index in [0.717, 1.165) is 0 Å². The monoisotopic (exact) mass is 489 g/mol. The number of aliphatic hydroxyl groups is 1. The number of aliphatic carboxylic acids is 2. The van der Waals surface area contributed by atoms with Gasteiger partial charge in [0.25, 0.3) is 0 Å². The third kappa shape index (κ3) is 12.0. The van der Waals surface area contributed by atoms with Crippen molar-refractivity contribution in [3.05, 3.63) is 0 Å². The molecule has 12 N–H and O–H groups in total. The summed E-state index contributed by atoms with van der Waals surface area (Å²) in [5.74, 6) is -5.62. The van der Waals surface area contributed by atoms with Gasteiger partial charge in [0.15, 0.2) is 5.96 Å². The maximum absolute atomic E-state index is 12.9. The van der Waals surface area contributed by atoms with Gasteiger partial charge in [0.1, 0.15) is 18.1 Å². The molecule has 4 atom stereocenters. The molecule has 0 aliphatic heterocycles. The van der Waals surface area contributed by atoms with Gasteiger partial charge in [-0.15, -0.1) is 0 Å². The number of nitrogens with zero attached hydrogens (tertiary/aromatic N) is 1. The molecule has 0 aliphatic carbocycles. The Kier molecular flexibility index (Phi) is 13.8. The first-order valence-electron chi connectivity index (χ1n) is 10.6. The third-order valence-corrected chi connectivity index (χ3v) is 4.68. The highest BCUT2D eigenvalue weighted by Crippen LogP contribution is 2.06. The number of hydrogen-bond donors (Lipinski definition) is 9. The van der Waals surface area contributed by atoms with Crippen LogP contribution in [0.1, 0.15) is 39.5 Å². The van der Waals surface area contributed by atoms with Crippen LogP contribution in [0, 0.1) is 5.92 Å². The Labute approximate surface area is 196 Å². The molecule has 15 nitrogen and oxygen atoms in total. The van der Waals surface area contributed by atoms with Gasteiger partial charge in [-0.2, -0.15) is 0 Å². The van der Waals surface area contributed by atoms with Gasteiger partial charge in [0.05, 0.1) is 12.6 Å². The molecule has 0 heterocycles. The molecule has 0 rings (SSSR count). The van der Waals surface area contributed by atoms with E-state index in [9.17, 15) is 24.0 Å². The molecule has 34 heavy (non-hydrogen) atoms. The number of carboxylic acid groups (broad SMARTS) is 2. The van der Waals surface area contributed by atoms with Crippen LogP contribution in [0.4, 0.5) is 0 Å². The number of rotatable bonds is 16. The topological polar surface area (TPSA) is 273 Å². The fourth-order valence-corrected chi connectivity index (χ4v) is 2.61. The fourth-order valence-electron chi connectivity index (χ4n) is 2.61. The zero-order valence-electron chi connectivity index (χ0n) is 19.2. The highest BCUT2D eigenvalue weighted by molar-refractivity contribution is 5.94. The smallest absolute Gasteiger partial charge is 0.328 e. The van der Waals surface area contributed by atoms with Crippen LogP contribution in [-0.4, -0.2) is 88.3 Å². The van der Waals surface area contributed by atoms with Crippen molar-refractivity contribution in [3.8, 4) is 0 Å². The van der Waals surface area contributed by atoms with Crippen molar-refractivity contribution in [2.45, 2.75) is 63.7 Å². The zero-order chi connectivity index (χ0) is 26.4. The van der Waals surface area contributed by atoms with Crippen molar-refractivity contribution >= 4 is 35.6 Å². The van der Waals surface area contributed by atoms with Gasteiger partial charge >= 0.3 is 11.9 Å². The molecule has 4 unspecified atom stereocenters. The number of amides is 3. The van der Waals surface area contributed by atoms with Crippen LogP contribution in [-0.2, 0) is 24.0 Å². The molecule has 0 radical (unpaired) electrons. The maximum atomic E-state index is 12.9. The molecule has 0 saturated carbocycles. The summed E-state index contributed by atoms with van der Waals surface area (Å²) in [7, 11) is 0. The lowest BCUT2D eigenvalue weighted by Gasteiger charge is -2.25. The summed E-state index contributed by atoms with van der Waals surface area (Å²) in [6, 6.07) is -5.19. The molecule has 3 amide bonds. The summed E-state index contributed by atoms with van der Waals surface area (Å²) in [5, 5.41) is 33.9. The Hall–Kier alpha value is -3.46. The van der Waals surface area contributed by atoms with Crippen LogP contribution in [0.5, 0.6) is 0 Å². The van der Waals surface area contributed by atoms with Gasteiger partial charge in [-0.25, -0.2) is 4.79 Å². The van der Waals surface area contributed by atoms with Gasteiger partial charge in [-0.3, -0.25) is 24.2 Å².